The summed E-state index contributed by atoms with van der Waals surface area (Å²) in [4.78, 5) is 4.37. The van der Waals surface area contributed by atoms with Gasteiger partial charge in [0.15, 0.2) is 0 Å². The molecule has 0 aliphatic rings. The molecule has 6 heteroatoms. The number of aliphatic hydroxyl groups is 1. The van der Waals surface area contributed by atoms with Crippen molar-refractivity contribution in [3.8, 4) is 0 Å². The fraction of sp³-hybridized carbons (Fsp3) is 0.357. The van der Waals surface area contributed by atoms with E-state index >= 15 is 0 Å². The van der Waals surface area contributed by atoms with Crippen LogP contribution >= 0.6 is 0 Å². The average Bonchev–Trinajstić information content (AvgIpc) is 2.45. The van der Waals surface area contributed by atoms with Gasteiger partial charge in [0.05, 0.1) is 22.6 Å². The first-order chi connectivity index (χ1) is 9.30. The summed E-state index contributed by atoms with van der Waals surface area (Å²) in [6.45, 7) is 3.09. The minimum Gasteiger partial charge on any atom is -0.394 e. The van der Waals surface area contributed by atoms with E-state index in [-0.39, 0.29) is 11.5 Å². The Morgan fingerprint density at radius 1 is 1.25 bits per heavy atom. The summed E-state index contributed by atoms with van der Waals surface area (Å²) in [6.07, 6.45) is 1.63. The zero-order valence-electron chi connectivity index (χ0n) is 11.7. The fourth-order valence-corrected chi connectivity index (χ4v) is 3.58. The fourth-order valence-electron chi connectivity index (χ4n) is 1.87. The molecule has 0 atom stereocenters. The van der Waals surface area contributed by atoms with Crippen molar-refractivity contribution in [1.82, 2.24) is 9.29 Å². The molecule has 2 rings (SSSR count). The Balaban J connectivity index is 2.64. The Bertz CT molecular complexity index is 721. The maximum absolute atomic E-state index is 12.7. The summed E-state index contributed by atoms with van der Waals surface area (Å²) in [5.41, 5.74) is -0.243. The van der Waals surface area contributed by atoms with Gasteiger partial charge in [-0.15, -0.1) is 0 Å². The van der Waals surface area contributed by atoms with Crippen LogP contribution in [0.3, 0.4) is 0 Å². The Labute approximate surface area is 118 Å². The molecule has 1 heterocycles. The predicted octanol–water partition coefficient (Wildman–Crippen LogP) is 1.63. The van der Waals surface area contributed by atoms with E-state index in [1.165, 1.54) is 11.4 Å². The van der Waals surface area contributed by atoms with Crippen molar-refractivity contribution in [3.63, 3.8) is 0 Å². The largest absolute Gasteiger partial charge is 0.394 e. The molecule has 0 spiro atoms. The van der Waals surface area contributed by atoms with Crippen molar-refractivity contribution in [1.29, 1.82) is 0 Å². The van der Waals surface area contributed by atoms with Crippen molar-refractivity contribution in [2.24, 2.45) is 0 Å². The molecule has 1 N–H and O–H groups in total. The van der Waals surface area contributed by atoms with Gasteiger partial charge in [-0.25, -0.2) is 8.42 Å². The molecule has 0 unspecified atom stereocenters. The summed E-state index contributed by atoms with van der Waals surface area (Å²) in [5.74, 6) is 0. The predicted molar refractivity (Wildman–Crippen MR) is 77.9 cm³/mol. The van der Waals surface area contributed by atoms with Crippen molar-refractivity contribution < 1.29 is 13.5 Å². The van der Waals surface area contributed by atoms with Gasteiger partial charge in [0.25, 0.3) is 0 Å². The van der Waals surface area contributed by atoms with E-state index in [9.17, 15) is 13.5 Å². The highest BCUT2D eigenvalue weighted by molar-refractivity contribution is 7.89. The molecule has 1 aromatic carbocycles. The molecule has 0 fully saturated rings. The van der Waals surface area contributed by atoms with Gasteiger partial charge in [0.1, 0.15) is 0 Å². The molecular formula is C14H18N2O3S. The summed E-state index contributed by atoms with van der Waals surface area (Å²) in [6, 6.07) is 8.43. The molecule has 0 saturated heterocycles. The Morgan fingerprint density at radius 2 is 1.95 bits per heavy atom. The van der Waals surface area contributed by atoms with Gasteiger partial charge in [0.2, 0.25) is 10.0 Å². The molecule has 1 aromatic heterocycles. The van der Waals surface area contributed by atoms with Crippen molar-refractivity contribution in [2.45, 2.75) is 24.3 Å². The van der Waals surface area contributed by atoms with E-state index in [0.717, 1.165) is 0 Å². The number of rotatable bonds is 4. The lowest BCUT2D eigenvalue weighted by atomic mass is 10.1. The van der Waals surface area contributed by atoms with Crippen LogP contribution in [0.15, 0.2) is 41.4 Å². The van der Waals surface area contributed by atoms with E-state index in [2.05, 4.69) is 4.98 Å². The first kappa shape index (κ1) is 14.9. The van der Waals surface area contributed by atoms with Crippen LogP contribution in [-0.4, -0.2) is 42.0 Å². The van der Waals surface area contributed by atoms with Crippen LogP contribution in [0, 0.1) is 0 Å². The van der Waals surface area contributed by atoms with Crippen LogP contribution in [-0.2, 0) is 10.0 Å². The van der Waals surface area contributed by atoms with E-state index in [1.807, 2.05) is 0 Å². The van der Waals surface area contributed by atoms with Gasteiger partial charge in [0, 0.05) is 18.6 Å². The molecule has 0 aliphatic carbocycles. The zero-order valence-corrected chi connectivity index (χ0v) is 12.6. The molecule has 0 aliphatic heterocycles. The van der Waals surface area contributed by atoms with Crippen LogP contribution < -0.4 is 0 Å². The number of hydrogen-bond donors (Lipinski definition) is 1. The molecule has 0 saturated carbocycles. The molecule has 5 nitrogen and oxygen atoms in total. The highest BCUT2D eigenvalue weighted by atomic mass is 32.2. The number of aliphatic hydroxyl groups excluding tert-OH is 1. The number of hydrogen-bond acceptors (Lipinski definition) is 4. The number of nitrogens with zero attached hydrogens (tertiary/aromatic N) is 2. The average molecular weight is 294 g/mol. The number of benzene rings is 1. The third kappa shape index (κ3) is 2.42. The van der Waals surface area contributed by atoms with E-state index in [0.29, 0.717) is 10.9 Å². The van der Waals surface area contributed by atoms with Gasteiger partial charge in [-0.3, -0.25) is 4.98 Å². The van der Waals surface area contributed by atoms with Crippen molar-refractivity contribution in [3.05, 3.63) is 36.5 Å². The van der Waals surface area contributed by atoms with Gasteiger partial charge < -0.3 is 5.11 Å². The number of sulfonamides is 1. The first-order valence-electron chi connectivity index (χ1n) is 6.24. The van der Waals surface area contributed by atoms with Crippen LogP contribution in [0.1, 0.15) is 13.8 Å². The molecule has 0 bridgehead atoms. The maximum atomic E-state index is 12.7. The SMILES string of the molecule is CN(C(C)(C)CO)S(=O)(=O)c1cccc2ncccc12. The minimum atomic E-state index is -3.70. The lowest BCUT2D eigenvalue weighted by Gasteiger charge is -2.33. The number of fused-ring (bicyclic) bond motifs is 1. The Morgan fingerprint density at radius 3 is 2.60 bits per heavy atom. The molecule has 0 radical (unpaired) electrons. The summed E-state index contributed by atoms with van der Waals surface area (Å²) in [7, 11) is -2.23. The van der Waals surface area contributed by atoms with E-state index in [1.54, 1.807) is 50.4 Å². The van der Waals surface area contributed by atoms with E-state index < -0.39 is 15.6 Å². The van der Waals surface area contributed by atoms with Gasteiger partial charge in [-0.05, 0) is 38.1 Å². The summed E-state index contributed by atoms with van der Waals surface area (Å²) >= 11 is 0. The Hall–Kier alpha value is -1.50. The van der Waals surface area contributed by atoms with Gasteiger partial charge >= 0.3 is 0 Å². The highest BCUT2D eigenvalue weighted by Gasteiger charge is 2.34. The lowest BCUT2D eigenvalue weighted by molar-refractivity contribution is 0.138. The molecule has 108 valence electrons. The highest BCUT2D eigenvalue weighted by Crippen LogP contribution is 2.27. The lowest BCUT2D eigenvalue weighted by Crippen LogP contribution is -2.47. The van der Waals surface area contributed by atoms with Crippen molar-refractivity contribution >= 4 is 20.9 Å². The monoisotopic (exact) mass is 294 g/mol. The number of aromatic nitrogens is 1. The van der Waals surface area contributed by atoms with Crippen LogP contribution in [0.4, 0.5) is 0 Å². The van der Waals surface area contributed by atoms with Crippen LogP contribution in [0.25, 0.3) is 10.9 Å². The topological polar surface area (TPSA) is 70.5 Å². The second-order valence-corrected chi connectivity index (χ2v) is 7.21. The molecule has 20 heavy (non-hydrogen) atoms. The minimum absolute atomic E-state index is 0.201. The Kier molecular flexibility index (Phi) is 3.82. The number of pyridine rings is 1. The quantitative estimate of drug-likeness (QED) is 0.930. The molecule has 2 aromatic rings. The standard InChI is InChI=1S/C14H18N2O3S/c1-14(2,10-17)16(3)20(18,19)13-8-4-7-12-11(13)6-5-9-15-12/h4-9,17H,10H2,1-3H3. The third-order valence-electron chi connectivity index (χ3n) is 3.48. The van der Waals surface area contributed by atoms with Gasteiger partial charge in [-0.1, -0.05) is 6.07 Å². The maximum Gasteiger partial charge on any atom is 0.244 e. The molecule has 0 amide bonds. The van der Waals surface area contributed by atoms with E-state index in [4.69, 9.17) is 0 Å². The summed E-state index contributed by atoms with van der Waals surface area (Å²) < 4.78 is 26.7. The molecular weight excluding hydrogens is 276 g/mol. The third-order valence-corrected chi connectivity index (χ3v) is 5.61. The normalized spacial score (nSPS) is 13.1. The first-order valence-corrected chi connectivity index (χ1v) is 7.68. The summed E-state index contributed by atoms with van der Waals surface area (Å²) in [5, 5.41) is 9.95. The second-order valence-electron chi connectivity index (χ2n) is 5.27. The van der Waals surface area contributed by atoms with Crippen molar-refractivity contribution in [2.75, 3.05) is 13.7 Å². The second kappa shape index (κ2) is 5.12. The smallest absolute Gasteiger partial charge is 0.244 e. The van der Waals surface area contributed by atoms with Crippen LogP contribution in [0.2, 0.25) is 0 Å². The zero-order chi connectivity index (χ0) is 15.0. The number of likely N-dealkylation sites (N-methyl/N-ethyl adjacent to an activating group) is 1. The van der Waals surface area contributed by atoms with Gasteiger partial charge in [-0.2, -0.15) is 4.31 Å². The van der Waals surface area contributed by atoms with Crippen LogP contribution in [0.5, 0.6) is 0 Å².